The Kier molecular flexibility index (Phi) is 1.92. The Morgan fingerprint density at radius 3 is 3.29 bits per heavy atom. The van der Waals surface area contributed by atoms with Crippen LogP contribution in [0.5, 0.6) is 0 Å². The number of piperazine rings is 1. The summed E-state index contributed by atoms with van der Waals surface area (Å²) in [4.78, 5) is 2.48. The predicted molar refractivity (Wildman–Crippen MR) is 59.2 cm³/mol. The molecule has 1 N–H and O–H groups in total. The van der Waals surface area contributed by atoms with Gasteiger partial charge in [-0.25, -0.2) is 0 Å². The van der Waals surface area contributed by atoms with Crippen molar-refractivity contribution in [3.05, 3.63) is 28.8 Å². The summed E-state index contributed by atoms with van der Waals surface area (Å²) in [5.41, 5.74) is 2.80. The molecular formula is C11H13ClN2. The molecule has 3 heteroatoms. The number of benzene rings is 1. The van der Waals surface area contributed by atoms with Gasteiger partial charge in [-0.15, -0.1) is 0 Å². The summed E-state index contributed by atoms with van der Waals surface area (Å²) in [6.07, 6.45) is 1.17. The van der Waals surface area contributed by atoms with E-state index in [0.717, 1.165) is 24.7 Å². The molecule has 0 amide bonds. The second-order valence-electron chi connectivity index (χ2n) is 4.03. The molecule has 0 unspecified atom stereocenters. The third-order valence-electron chi connectivity index (χ3n) is 3.16. The Morgan fingerprint density at radius 2 is 2.36 bits per heavy atom. The molecular weight excluding hydrogens is 196 g/mol. The molecule has 1 saturated heterocycles. The minimum absolute atomic E-state index is 0.650. The van der Waals surface area contributed by atoms with Gasteiger partial charge in [0.2, 0.25) is 0 Å². The summed E-state index contributed by atoms with van der Waals surface area (Å²) in [5.74, 6) is 0. The van der Waals surface area contributed by atoms with Crippen LogP contribution in [-0.4, -0.2) is 25.7 Å². The monoisotopic (exact) mass is 208 g/mol. The molecule has 0 saturated carbocycles. The van der Waals surface area contributed by atoms with Gasteiger partial charge < -0.3 is 10.2 Å². The van der Waals surface area contributed by atoms with Crippen molar-refractivity contribution >= 4 is 17.3 Å². The van der Waals surface area contributed by atoms with Crippen molar-refractivity contribution in [3.8, 4) is 0 Å². The minimum Gasteiger partial charge on any atom is -0.365 e. The zero-order chi connectivity index (χ0) is 9.54. The van der Waals surface area contributed by atoms with Crippen molar-refractivity contribution in [1.82, 2.24) is 5.32 Å². The molecule has 0 aliphatic carbocycles. The Hall–Kier alpha value is -0.730. The number of hydrogen-bond donors (Lipinski definition) is 1. The van der Waals surface area contributed by atoms with Crippen molar-refractivity contribution in [3.63, 3.8) is 0 Å². The number of nitrogens with one attached hydrogen (secondary N) is 1. The van der Waals surface area contributed by atoms with E-state index in [1.807, 2.05) is 6.07 Å². The van der Waals surface area contributed by atoms with Crippen LogP contribution in [-0.2, 0) is 6.42 Å². The van der Waals surface area contributed by atoms with E-state index in [4.69, 9.17) is 11.6 Å². The van der Waals surface area contributed by atoms with E-state index < -0.39 is 0 Å². The van der Waals surface area contributed by atoms with Gasteiger partial charge in [0.05, 0.1) is 0 Å². The summed E-state index contributed by atoms with van der Waals surface area (Å²) < 4.78 is 0. The second-order valence-corrected chi connectivity index (χ2v) is 4.46. The van der Waals surface area contributed by atoms with Gasteiger partial charge in [0.25, 0.3) is 0 Å². The van der Waals surface area contributed by atoms with Crippen LogP contribution < -0.4 is 10.2 Å². The number of halogens is 1. The lowest BCUT2D eigenvalue weighted by Gasteiger charge is -2.32. The van der Waals surface area contributed by atoms with Gasteiger partial charge in [-0.3, -0.25) is 0 Å². The Morgan fingerprint density at radius 1 is 1.43 bits per heavy atom. The second kappa shape index (κ2) is 3.14. The fraction of sp³-hybridized carbons (Fsp3) is 0.455. The molecule has 0 radical (unpaired) electrons. The first-order valence-corrected chi connectivity index (χ1v) is 5.48. The summed E-state index contributed by atoms with van der Waals surface area (Å²) >= 11 is 6.01. The van der Waals surface area contributed by atoms with Crippen LogP contribution in [0.15, 0.2) is 18.2 Å². The molecule has 0 aromatic heterocycles. The fourth-order valence-corrected chi connectivity index (χ4v) is 2.66. The number of anilines is 1. The number of hydrogen-bond acceptors (Lipinski definition) is 2. The van der Waals surface area contributed by atoms with Crippen molar-refractivity contribution in [2.24, 2.45) is 0 Å². The number of fused-ring (bicyclic) bond motifs is 3. The lowest BCUT2D eigenvalue weighted by molar-refractivity contribution is 0.495. The molecule has 0 bridgehead atoms. The largest absolute Gasteiger partial charge is 0.365 e. The molecule has 1 atom stereocenters. The molecule has 2 nitrogen and oxygen atoms in total. The zero-order valence-electron chi connectivity index (χ0n) is 7.96. The van der Waals surface area contributed by atoms with Gasteiger partial charge in [0.15, 0.2) is 0 Å². The first-order valence-electron chi connectivity index (χ1n) is 5.10. The van der Waals surface area contributed by atoms with Gasteiger partial charge in [0, 0.05) is 36.4 Å². The van der Waals surface area contributed by atoms with E-state index in [9.17, 15) is 0 Å². The first kappa shape index (κ1) is 8.57. The standard InChI is InChI=1S/C11H13ClN2/c12-9-2-1-8-5-10-7-13-3-4-14(10)11(8)6-9/h1-2,6,10,13H,3-5,7H2/t10-/m1/s1. The molecule has 2 aliphatic heterocycles. The summed E-state index contributed by atoms with van der Waals surface area (Å²) in [7, 11) is 0. The smallest absolute Gasteiger partial charge is 0.0456 e. The van der Waals surface area contributed by atoms with Crippen LogP contribution in [0.3, 0.4) is 0 Å². The third kappa shape index (κ3) is 1.22. The highest BCUT2D eigenvalue weighted by molar-refractivity contribution is 6.30. The zero-order valence-corrected chi connectivity index (χ0v) is 8.72. The fourth-order valence-electron chi connectivity index (χ4n) is 2.49. The molecule has 74 valence electrons. The maximum absolute atomic E-state index is 6.01. The highest BCUT2D eigenvalue weighted by Crippen LogP contribution is 2.34. The van der Waals surface area contributed by atoms with E-state index in [-0.39, 0.29) is 0 Å². The Labute approximate surface area is 88.9 Å². The lowest BCUT2D eigenvalue weighted by atomic mass is 10.1. The maximum atomic E-state index is 6.01. The lowest BCUT2D eigenvalue weighted by Crippen LogP contribution is -2.49. The quantitative estimate of drug-likeness (QED) is 0.698. The van der Waals surface area contributed by atoms with Crippen molar-refractivity contribution in [2.45, 2.75) is 12.5 Å². The van der Waals surface area contributed by atoms with Crippen LogP contribution in [0.4, 0.5) is 5.69 Å². The molecule has 3 rings (SSSR count). The normalized spacial score (nSPS) is 24.6. The van der Waals surface area contributed by atoms with E-state index >= 15 is 0 Å². The molecule has 2 aliphatic rings. The van der Waals surface area contributed by atoms with E-state index in [0.29, 0.717) is 6.04 Å². The van der Waals surface area contributed by atoms with Crippen LogP contribution in [0.25, 0.3) is 0 Å². The molecule has 2 heterocycles. The highest BCUT2D eigenvalue weighted by atomic mass is 35.5. The van der Waals surface area contributed by atoms with Crippen LogP contribution in [0, 0.1) is 0 Å². The Bertz CT molecular complexity index is 364. The Balaban J connectivity index is 2.02. The summed E-state index contributed by atoms with van der Waals surface area (Å²) in [6.45, 7) is 3.30. The average Bonchev–Trinajstić information content (AvgIpc) is 2.56. The van der Waals surface area contributed by atoms with E-state index in [1.165, 1.54) is 17.7 Å². The molecule has 14 heavy (non-hydrogen) atoms. The van der Waals surface area contributed by atoms with Crippen LogP contribution >= 0.6 is 11.6 Å². The van der Waals surface area contributed by atoms with Crippen molar-refractivity contribution in [2.75, 3.05) is 24.5 Å². The van der Waals surface area contributed by atoms with Crippen LogP contribution in [0.2, 0.25) is 5.02 Å². The number of nitrogens with zero attached hydrogens (tertiary/aromatic N) is 1. The van der Waals surface area contributed by atoms with E-state index in [1.54, 1.807) is 0 Å². The maximum Gasteiger partial charge on any atom is 0.0456 e. The average molecular weight is 209 g/mol. The van der Waals surface area contributed by atoms with Gasteiger partial charge in [-0.05, 0) is 24.1 Å². The molecule has 1 aromatic rings. The molecule has 0 spiro atoms. The van der Waals surface area contributed by atoms with Gasteiger partial charge in [0.1, 0.15) is 0 Å². The molecule has 1 aromatic carbocycles. The van der Waals surface area contributed by atoms with Gasteiger partial charge in [-0.1, -0.05) is 17.7 Å². The van der Waals surface area contributed by atoms with Crippen molar-refractivity contribution < 1.29 is 0 Å². The van der Waals surface area contributed by atoms with Gasteiger partial charge in [-0.2, -0.15) is 0 Å². The topological polar surface area (TPSA) is 15.3 Å². The number of rotatable bonds is 0. The van der Waals surface area contributed by atoms with Gasteiger partial charge >= 0.3 is 0 Å². The summed E-state index contributed by atoms with van der Waals surface area (Å²) in [5, 5.41) is 4.28. The predicted octanol–water partition coefficient (Wildman–Crippen LogP) is 1.67. The van der Waals surface area contributed by atoms with Crippen LogP contribution in [0.1, 0.15) is 5.56 Å². The highest BCUT2D eigenvalue weighted by Gasteiger charge is 2.30. The van der Waals surface area contributed by atoms with Crippen molar-refractivity contribution in [1.29, 1.82) is 0 Å². The minimum atomic E-state index is 0.650. The van der Waals surface area contributed by atoms with E-state index in [2.05, 4.69) is 22.3 Å². The first-order chi connectivity index (χ1) is 6.84. The SMILES string of the molecule is Clc1ccc2c(c1)N1CCNC[C@H]1C2. The molecule has 1 fully saturated rings. The summed E-state index contributed by atoms with van der Waals surface area (Å²) in [6, 6.07) is 6.90. The third-order valence-corrected chi connectivity index (χ3v) is 3.40.